The highest BCUT2D eigenvalue weighted by Gasteiger charge is 2.17. The summed E-state index contributed by atoms with van der Waals surface area (Å²) < 4.78 is 5.87. The Morgan fingerprint density at radius 2 is 2.37 bits per heavy atom. The van der Waals surface area contributed by atoms with Crippen LogP contribution in [0.15, 0.2) is 24.3 Å². The van der Waals surface area contributed by atoms with E-state index in [1.807, 2.05) is 13.1 Å². The van der Waals surface area contributed by atoms with E-state index in [4.69, 9.17) is 4.74 Å². The smallest absolute Gasteiger partial charge is 0.119 e. The number of hydrogen-bond donors (Lipinski definition) is 1. The summed E-state index contributed by atoms with van der Waals surface area (Å²) in [6.07, 6.45) is 0. The summed E-state index contributed by atoms with van der Waals surface area (Å²) in [7, 11) is 1.96. The number of nitrogens with one attached hydrogen (secondary N) is 1. The van der Waals surface area contributed by atoms with E-state index in [2.05, 4.69) is 47.1 Å². The fraction of sp³-hybridized carbons (Fsp3) is 0.600. The molecule has 0 saturated carbocycles. The van der Waals surface area contributed by atoms with Gasteiger partial charge in [-0.25, -0.2) is 0 Å². The number of ether oxygens (including phenoxy) is 1. The van der Waals surface area contributed by atoms with Crippen molar-refractivity contribution in [2.75, 3.05) is 38.2 Å². The van der Waals surface area contributed by atoms with Crippen LogP contribution in [0.3, 0.4) is 0 Å². The molecule has 0 bridgehead atoms. The molecule has 1 saturated heterocycles. The summed E-state index contributed by atoms with van der Waals surface area (Å²) in [5, 5.41) is 3.16. The SMILES string of the molecule is CNCc1cccc(OCCN2CCSCC2C)c1. The van der Waals surface area contributed by atoms with Crippen LogP contribution >= 0.6 is 11.8 Å². The van der Waals surface area contributed by atoms with Crippen molar-refractivity contribution in [3.63, 3.8) is 0 Å². The van der Waals surface area contributed by atoms with Gasteiger partial charge < -0.3 is 10.1 Å². The van der Waals surface area contributed by atoms with Crippen LogP contribution in [0.25, 0.3) is 0 Å². The van der Waals surface area contributed by atoms with Crippen LogP contribution in [0.4, 0.5) is 0 Å². The van der Waals surface area contributed by atoms with Gasteiger partial charge in [0.2, 0.25) is 0 Å². The lowest BCUT2D eigenvalue weighted by Gasteiger charge is -2.32. The third-order valence-electron chi connectivity index (χ3n) is 3.43. The number of thioether (sulfide) groups is 1. The van der Waals surface area contributed by atoms with E-state index in [0.717, 1.165) is 25.4 Å². The van der Waals surface area contributed by atoms with Crippen molar-refractivity contribution >= 4 is 11.8 Å². The Bertz CT molecular complexity index is 386. The molecule has 1 N–H and O–H groups in total. The van der Waals surface area contributed by atoms with E-state index in [1.165, 1.54) is 23.6 Å². The number of rotatable bonds is 6. The molecule has 0 radical (unpaired) electrons. The third-order valence-corrected chi connectivity index (χ3v) is 4.62. The number of benzene rings is 1. The van der Waals surface area contributed by atoms with Gasteiger partial charge in [-0.3, -0.25) is 4.90 Å². The summed E-state index contributed by atoms with van der Waals surface area (Å²) in [5.41, 5.74) is 1.27. The van der Waals surface area contributed by atoms with Gasteiger partial charge in [0, 0.05) is 37.2 Å². The average Bonchev–Trinajstić information content (AvgIpc) is 2.42. The van der Waals surface area contributed by atoms with Gasteiger partial charge in [0.25, 0.3) is 0 Å². The molecular weight excluding hydrogens is 256 g/mol. The van der Waals surface area contributed by atoms with Crippen molar-refractivity contribution in [1.82, 2.24) is 10.2 Å². The minimum absolute atomic E-state index is 0.679. The van der Waals surface area contributed by atoms with Crippen LogP contribution in [0, 0.1) is 0 Å². The predicted octanol–water partition coefficient (Wildman–Crippen LogP) is 2.22. The first-order valence-corrected chi connectivity index (χ1v) is 8.13. The first kappa shape index (κ1) is 14.7. The molecule has 1 aromatic carbocycles. The van der Waals surface area contributed by atoms with Crippen molar-refractivity contribution in [3.8, 4) is 5.75 Å². The van der Waals surface area contributed by atoms with E-state index >= 15 is 0 Å². The Morgan fingerprint density at radius 1 is 1.47 bits per heavy atom. The second-order valence-corrected chi connectivity index (χ2v) is 6.14. The van der Waals surface area contributed by atoms with E-state index in [0.29, 0.717) is 6.04 Å². The van der Waals surface area contributed by atoms with Crippen LogP contribution in [0.1, 0.15) is 12.5 Å². The summed E-state index contributed by atoms with van der Waals surface area (Å²) in [4.78, 5) is 2.52. The second-order valence-electron chi connectivity index (χ2n) is 4.99. The van der Waals surface area contributed by atoms with Crippen LogP contribution in [-0.2, 0) is 6.54 Å². The van der Waals surface area contributed by atoms with Gasteiger partial charge in [-0.05, 0) is 31.7 Å². The lowest BCUT2D eigenvalue weighted by Crippen LogP contribution is -2.42. The Morgan fingerprint density at radius 3 is 3.16 bits per heavy atom. The summed E-state index contributed by atoms with van der Waals surface area (Å²) in [6, 6.07) is 9.01. The molecule has 2 rings (SSSR count). The van der Waals surface area contributed by atoms with E-state index in [1.54, 1.807) is 0 Å². The molecule has 1 heterocycles. The highest BCUT2D eigenvalue weighted by molar-refractivity contribution is 7.99. The van der Waals surface area contributed by atoms with Crippen LogP contribution in [-0.4, -0.2) is 49.2 Å². The van der Waals surface area contributed by atoms with Gasteiger partial charge in [0.05, 0.1) is 0 Å². The zero-order valence-electron chi connectivity index (χ0n) is 11.9. The van der Waals surface area contributed by atoms with Gasteiger partial charge >= 0.3 is 0 Å². The summed E-state index contributed by atoms with van der Waals surface area (Å²) in [6.45, 7) is 6.18. The normalized spacial score (nSPS) is 20.4. The molecule has 0 aromatic heterocycles. The van der Waals surface area contributed by atoms with Crippen molar-refractivity contribution in [2.45, 2.75) is 19.5 Å². The molecule has 0 spiro atoms. The molecule has 1 aromatic rings. The van der Waals surface area contributed by atoms with Gasteiger partial charge in [-0.2, -0.15) is 11.8 Å². The zero-order chi connectivity index (χ0) is 13.5. The maximum atomic E-state index is 5.87. The highest BCUT2D eigenvalue weighted by Crippen LogP contribution is 2.16. The van der Waals surface area contributed by atoms with Gasteiger partial charge in [-0.1, -0.05) is 12.1 Å². The minimum atomic E-state index is 0.679. The molecule has 4 heteroatoms. The Balaban J connectivity index is 1.77. The molecule has 0 amide bonds. The molecule has 1 aliphatic rings. The topological polar surface area (TPSA) is 24.5 Å². The van der Waals surface area contributed by atoms with Crippen LogP contribution < -0.4 is 10.1 Å². The van der Waals surface area contributed by atoms with E-state index in [-0.39, 0.29) is 0 Å². The van der Waals surface area contributed by atoms with Crippen molar-refractivity contribution in [1.29, 1.82) is 0 Å². The predicted molar refractivity (Wildman–Crippen MR) is 83.1 cm³/mol. The Hall–Kier alpha value is -0.710. The highest BCUT2D eigenvalue weighted by atomic mass is 32.2. The van der Waals surface area contributed by atoms with Crippen LogP contribution in [0.2, 0.25) is 0 Å². The number of nitrogens with zero attached hydrogens (tertiary/aromatic N) is 1. The maximum absolute atomic E-state index is 5.87. The Kier molecular flexibility index (Phi) is 6.01. The van der Waals surface area contributed by atoms with Crippen molar-refractivity contribution in [3.05, 3.63) is 29.8 Å². The molecule has 19 heavy (non-hydrogen) atoms. The summed E-state index contributed by atoms with van der Waals surface area (Å²) >= 11 is 2.05. The van der Waals surface area contributed by atoms with Crippen molar-refractivity contribution < 1.29 is 4.74 Å². The quantitative estimate of drug-likeness (QED) is 0.863. The van der Waals surface area contributed by atoms with Crippen LogP contribution in [0.5, 0.6) is 5.75 Å². The summed E-state index contributed by atoms with van der Waals surface area (Å²) in [5.74, 6) is 3.48. The maximum Gasteiger partial charge on any atom is 0.119 e. The monoisotopic (exact) mass is 280 g/mol. The molecule has 1 fully saturated rings. The first-order valence-electron chi connectivity index (χ1n) is 6.97. The van der Waals surface area contributed by atoms with Gasteiger partial charge in [0.15, 0.2) is 0 Å². The molecule has 106 valence electrons. The fourth-order valence-electron chi connectivity index (χ4n) is 2.32. The largest absolute Gasteiger partial charge is 0.492 e. The molecule has 1 aliphatic heterocycles. The molecule has 0 aliphatic carbocycles. The lowest BCUT2D eigenvalue weighted by molar-refractivity contribution is 0.183. The average molecular weight is 280 g/mol. The molecule has 1 unspecified atom stereocenters. The van der Waals surface area contributed by atoms with E-state index < -0.39 is 0 Å². The zero-order valence-corrected chi connectivity index (χ0v) is 12.7. The van der Waals surface area contributed by atoms with E-state index in [9.17, 15) is 0 Å². The van der Waals surface area contributed by atoms with Gasteiger partial charge in [0.1, 0.15) is 12.4 Å². The lowest BCUT2D eigenvalue weighted by atomic mass is 10.2. The standard InChI is InChI=1S/C15H24N2OS/c1-13-12-19-9-7-17(13)6-8-18-15-5-3-4-14(10-15)11-16-2/h3-5,10,13,16H,6-9,11-12H2,1-2H3. The Labute approximate surface area is 120 Å². The molecule has 3 nitrogen and oxygen atoms in total. The molecule has 1 atom stereocenters. The second kappa shape index (κ2) is 7.78. The first-order chi connectivity index (χ1) is 9.29. The number of hydrogen-bond acceptors (Lipinski definition) is 4. The molecular formula is C15H24N2OS. The van der Waals surface area contributed by atoms with Gasteiger partial charge in [-0.15, -0.1) is 0 Å². The fourth-order valence-corrected chi connectivity index (χ4v) is 3.41. The minimum Gasteiger partial charge on any atom is -0.492 e. The third kappa shape index (κ3) is 4.71. The van der Waals surface area contributed by atoms with Crippen molar-refractivity contribution in [2.24, 2.45) is 0 Å².